The van der Waals surface area contributed by atoms with Crippen LogP contribution in [0.2, 0.25) is 5.02 Å². The highest BCUT2D eigenvalue weighted by Crippen LogP contribution is 2.36. The van der Waals surface area contributed by atoms with E-state index >= 15 is 0 Å². The Balaban J connectivity index is 1.43. The second-order valence-corrected chi connectivity index (χ2v) is 9.76. The lowest BCUT2D eigenvalue weighted by atomic mass is 9.94. The Morgan fingerprint density at radius 2 is 1.78 bits per heavy atom. The number of carbonyl (C=O) groups excluding carboxylic acids is 1. The van der Waals surface area contributed by atoms with Crippen LogP contribution in [0.15, 0.2) is 66.7 Å². The van der Waals surface area contributed by atoms with Gasteiger partial charge in [-0.05, 0) is 67.3 Å². The van der Waals surface area contributed by atoms with Gasteiger partial charge in [-0.2, -0.15) is 0 Å². The van der Waals surface area contributed by atoms with Gasteiger partial charge in [-0.1, -0.05) is 55.1 Å². The lowest BCUT2D eigenvalue weighted by Gasteiger charge is -2.25. The van der Waals surface area contributed by atoms with E-state index in [9.17, 15) is 14.7 Å². The number of hydrogen-bond donors (Lipinski definition) is 2. The molecular formula is C29H28ClN3O3. The van der Waals surface area contributed by atoms with Crippen LogP contribution in [0.5, 0.6) is 0 Å². The summed E-state index contributed by atoms with van der Waals surface area (Å²) in [4.78, 5) is 29.3. The van der Waals surface area contributed by atoms with Gasteiger partial charge in [-0.3, -0.25) is 4.79 Å². The van der Waals surface area contributed by atoms with Crippen molar-refractivity contribution >= 4 is 34.5 Å². The molecular weight excluding hydrogens is 474 g/mol. The molecule has 0 atom stereocenters. The van der Waals surface area contributed by atoms with Crippen LogP contribution in [0.4, 0.5) is 0 Å². The Kier molecular flexibility index (Phi) is 7.05. The molecule has 7 heteroatoms. The minimum atomic E-state index is -0.970. The van der Waals surface area contributed by atoms with Crippen molar-refractivity contribution in [3.63, 3.8) is 0 Å². The molecule has 2 N–H and O–H groups in total. The molecule has 0 saturated heterocycles. The van der Waals surface area contributed by atoms with E-state index in [1.807, 2.05) is 48.5 Å². The standard InChI is InChI=1S/C29H28ClN3O3/c30-23-9-4-6-19(16-23)14-15-31-28(34)21-8-5-7-20(17-21)27-32-25-18-22(29(35)36)12-13-26(25)33(27)24-10-2-1-3-11-24/h4-9,12-13,16-18,24H,1-3,10-11,14-15H2,(H,31,34)(H,35,36). The molecule has 1 aliphatic rings. The molecule has 3 aromatic carbocycles. The van der Waals surface area contributed by atoms with Gasteiger partial charge in [-0.25, -0.2) is 9.78 Å². The maximum Gasteiger partial charge on any atom is 0.335 e. The van der Waals surface area contributed by atoms with Crippen LogP contribution >= 0.6 is 11.6 Å². The first kappa shape index (κ1) is 24.1. The van der Waals surface area contributed by atoms with Crippen molar-refractivity contribution in [1.82, 2.24) is 14.9 Å². The molecule has 0 unspecified atom stereocenters. The van der Waals surface area contributed by atoms with Crippen LogP contribution in [-0.4, -0.2) is 33.1 Å². The van der Waals surface area contributed by atoms with Gasteiger partial charge in [0.2, 0.25) is 0 Å². The summed E-state index contributed by atoms with van der Waals surface area (Å²) in [6.45, 7) is 0.502. The van der Waals surface area contributed by atoms with E-state index in [0.29, 0.717) is 35.1 Å². The normalized spacial score (nSPS) is 14.1. The number of amides is 1. The number of aromatic nitrogens is 2. The fraction of sp³-hybridized carbons (Fsp3) is 0.276. The van der Waals surface area contributed by atoms with E-state index in [1.54, 1.807) is 18.2 Å². The van der Waals surface area contributed by atoms with Crippen molar-refractivity contribution in [1.29, 1.82) is 0 Å². The Hall–Kier alpha value is -3.64. The summed E-state index contributed by atoms with van der Waals surface area (Å²) < 4.78 is 2.25. The maximum atomic E-state index is 12.9. The fourth-order valence-electron chi connectivity index (χ4n) is 5.06. The highest BCUT2D eigenvalue weighted by molar-refractivity contribution is 6.30. The Morgan fingerprint density at radius 1 is 0.972 bits per heavy atom. The molecule has 0 spiro atoms. The predicted octanol–water partition coefficient (Wildman–Crippen LogP) is 6.53. The summed E-state index contributed by atoms with van der Waals surface area (Å²) in [6.07, 6.45) is 6.35. The number of fused-ring (bicyclic) bond motifs is 1. The molecule has 0 radical (unpaired) electrons. The molecule has 1 fully saturated rings. The number of halogens is 1. The molecule has 1 heterocycles. The predicted molar refractivity (Wildman–Crippen MR) is 142 cm³/mol. The average molecular weight is 502 g/mol. The highest BCUT2D eigenvalue weighted by atomic mass is 35.5. The first-order chi connectivity index (χ1) is 17.5. The van der Waals surface area contributed by atoms with E-state index in [4.69, 9.17) is 16.6 Å². The quantitative estimate of drug-likeness (QED) is 0.301. The van der Waals surface area contributed by atoms with Crippen molar-refractivity contribution in [3.8, 4) is 11.4 Å². The van der Waals surface area contributed by atoms with Crippen molar-refractivity contribution in [2.45, 2.75) is 44.6 Å². The molecule has 5 rings (SSSR count). The van der Waals surface area contributed by atoms with Crippen molar-refractivity contribution in [2.75, 3.05) is 6.54 Å². The van der Waals surface area contributed by atoms with Crippen LogP contribution in [0.25, 0.3) is 22.4 Å². The average Bonchev–Trinajstić information content (AvgIpc) is 3.28. The third-order valence-electron chi connectivity index (χ3n) is 6.85. The SMILES string of the molecule is O=C(O)c1ccc2c(c1)nc(-c1cccc(C(=O)NCCc3cccc(Cl)c3)c1)n2C1CCCCC1. The number of hydrogen-bond acceptors (Lipinski definition) is 3. The van der Waals surface area contributed by atoms with Gasteiger partial charge in [0.25, 0.3) is 5.91 Å². The number of carboxylic acid groups (broad SMARTS) is 1. The highest BCUT2D eigenvalue weighted by Gasteiger charge is 2.23. The van der Waals surface area contributed by atoms with Crippen LogP contribution in [0, 0.1) is 0 Å². The number of nitrogens with one attached hydrogen (secondary N) is 1. The third kappa shape index (κ3) is 5.14. The number of nitrogens with zero attached hydrogens (tertiary/aromatic N) is 2. The molecule has 4 aromatic rings. The molecule has 0 aliphatic heterocycles. The minimum Gasteiger partial charge on any atom is -0.478 e. The molecule has 1 aliphatic carbocycles. The summed E-state index contributed by atoms with van der Waals surface area (Å²) in [5.41, 5.74) is 4.28. The second-order valence-electron chi connectivity index (χ2n) is 9.32. The lowest BCUT2D eigenvalue weighted by molar-refractivity contribution is 0.0696. The molecule has 1 aromatic heterocycles. The zero-order valence-corrected chi connectivity index (χ0v) is 20.7. The van der Waals surface area contributed by atoms with Crippen LogP contribution < -0.4 is 5.32 Å². The lowest BCUT2D eigenvalue weighted by Crippen LogP contribution is -2.25. The van der Waals surface area contributed by atoms with Crippen molar-refractivity contribution < 1.29 is 14.7 Å². The molecule has 1 amide bonds. The van der Waals surface area contributed by atoms with E-state index < -0.39 is 5.97 Å². The first-order valence-electron chi connectivity index (χ1n) is 12.4. The van der Waals surface area contributed by atoms with E-state index in [-0.39, 0.29) is 11.5 Å². The van der Waals surface area contributed by atoms with Gasteiger partial charge in [0.05, 0.1) is 16.6 Å². The van der Waals surface area contributed by atoms with Gasteiger partial charge in [-0.15, -0.1) is 0 Å². The number of carbonyl (C=O) groups is 2. The van der Waals surface area contributed by atoms with Crippen molar-refractivity contribution in [2.24, 2.45) is 0 Å². The van der Waals surface area contributed by atoms with E-state index in [0.717, 1.165) is 48.2 Å². The summed E-state index contributed by atoms with van der Waals surface area (Å²) in [6, 6.07) is 20.5. The van der Waals surface area contributed by atoms with Gasteiger partial charge in [0.1, 0.15) is 5.82 Å². The number of imidazole rings is 1. The topological polar surface area (TPSA) is 84.2 Å². The molecule has 36 heavy (non-hydrogen) atoms. The van der Waals surface area contributed by atoms with Gasteiger partial charge in [0, 0.05) is 28.7 Å². The Bertz CT molecular complexity index is 1420. The monoisotopic (exact) mass is 501 g/mol. The Morgan fingerprint density at radius 3 is 2.56 bits per heavy atom. The largest absolute Gasteiger partial charge is 0.478 e. The fourth-order valence-corrected chi connectivity index (χ4v) is 5.27. The van der Waals surface area contributed by atoms with E-state index in [1.165, 1.54) is 6.42 Å². The number of rotatable bonds is 7. The van der Waals surface area contributed by atoms with Crippen LogP contribution in [-0.2, 0) is 6.42 Å². The summed E-state index contributed by atoms with van der Waals surface area (Å²) >= 11 is 6.06. The smallest absolute Gasteiger partial charge is 0.335 e. The second kappa shape index (κ2) is 10.5. The van der Waals surface area contributed by atoms with Gasteiger partial charge < -0.3 is 15.0 Å². The van der Waals surface area contributed by atoms with E-state index in [2.05, 4.69) is 9.88 Å². The van der Waals surface area contributed by atoms with Crippen molar-refractivity contribution in [3.05, 3.63) is 88.4 Å². The summed E-state index contributed by atoms with van der Waals surface area (Å²) in [5, 5.41) is 13.1. The van der Waals surface area contributed by atoms with Gasteiger partial charge >= 0.3 is 5.97 Å². The first-order valence-corrected chi connectivity index (χ1v) is 12.8. The summed E-state index contributed by atoms with van der Waals surface area (Å²) in [5.74, 6) is -0.345. The zero-order chi connectivity index (χ0) is 25.1. The molecule has 0 bridgehead atoms. The van der Waals surface area contributed by atoms with Crippen LogP contribution in [0.1, 0.15) is 64.4 Å². The number of benzene rings is 3. The zero-order valence-electron chi connectivity index (χ0n) is 19.9. The third-order valence-corrected chi connectivity index (χ3v) is 7.08. The molecule has 6 nitrogen and oxygen atoms in total. The molecule has 1 saturated carbocycles. The number of aromatic carboxylic acids is 1. The van der Waals surface area contributed by atoms with Gasteiger partial charge in [0.15, 0.2) is 0 Å². The Labute approximate surface area is 214 Å². The minimum absolute atomic E-state index is 0.146. The van der Waals surface area contributed by atoms with Crippen LogP contribution in [0.3, 0.4) is 0 Å². The summed E-state index contributed by atoms with van der Waals surface area (Å²) in [7, 11) is 0. The molecule has 184 valence electrons. The maximum absolute atomic E-state index is 12.9. The number of carboxylic acids is 1.